The van der Waals surface area contributed by atoms with Gasteiger partial charge in [0.15, 0.2) is 5.82 Å². The van der Waals surface area contributed by atoms with Crippen LogP contribution in [0.3, 0.4) is 0 Å². The Morgan fingerprint density at radius 2 is 2.02 bits per heavy atom. The number of carbonyl (C=O) groups is 1. The first kappa shape index (κ1) is 31.9. The summed E-state index contributed by atoms with van der Waals surface area (Å²) in [6.45, 7) is 3.68. The quantitative estimate of drug-likeness (QED) is 0.274. The Hall–Kier alpha value is -5.03. The number of terminal acetylenes is 1. The molecule has 4 aromatic rings. The third-order valence-corrected chi connectivity index (χ3v) is 11.3. The van der Waals surface area contributed by atoms with Crippen LogP contribution in [0.4, 0.5) is 23.8 Å². The lowest BCUT2D eigenvalue weighted by atomic mass is 9.95. The molecule has 5 atom stereocenters. The zero-order chi connectivity index (χ0) is 35.2. The molecule has 14 heteroatoms. The summed E-state index contributed by atoms with van der Waals surface area (Å²) in [5.74, 6) is 0.975. The molecule has 51 heavy (non-hydrogen) atoms. The Kier molecular flexibility index (Phi) is 7.36. The summed E-state index contributed by atoms with van der Waals surface area (Å²) in [6, 6.07) is 4.38. The van der Waals surface area contributed by atoms with Crippen LogP contribution in [0.1, 0.15) is 44.6 Å². The first-order valence-corrected chi connectivity index (χ1v) is 17.4. The maximum atomic E-state index is 17.2. The van der Waals surface area contributed by atoms with Gasteiger partial charge in [0.25, 0.3) is 0 Å². The van der Waals surface area contributed by atoms with Gasteiger partial charge < -0.3 is 24.2 Å². The highest BCUT2D eigenvalue weighted by molar-refractivity contribution is 6.04. The van der Waals surface area contributed by atoms with E-state index in [1.807, 2.05) is 4.90 Å². The molecule has 5 aliphatic heterocycles. The van der Waals surface area contributed by atoms with Crippen LogP contribution in [0.15, 0.2) is 24.3 Å². The Morgan fingerprint density at radius 1 is 1.16 bits per heavy atom. The second-order valence-electron chi connectivity index (χ2n) is 14.1. The van der Waals surface area contributed by atoms with Crippen molar-refractivity contribution in [1.82, 2.24) is 24.8 Å². The number of pyridine rings is 1. The SMILES string of the molecule is C#Cc1c(F)ccc2cc(O)cc(-c3nc4c5c(nc(OC[C@@]67CCCN6C[C@H](F)C7)nc5c3F)N3CC5CCC(C3CO4)N5C(=O)OCC)c12. The number of carbonyl (C=O) groups excluding carboxylic acids is 1. The Morgan fingerprint density at radius 3 is 2.84 bits per heavy atom. The zero-order valence-corrected chi connectivity index (χ0v) is 27.9. The molecule has 3 unspecified atom stereocenters. The standard InChI is InChI=1S/C37H35F3N6O5/c1-3-23-25(39)8-6-19-12-22(47)13-24(28(19)23)31-30(40)32-29-33(43-35(42-32)51-18-37-10-5-11-44(37)15-20(38)14-37)45-16-21-7-9-26(46(21)36(48)49-4-2)27(45)17-50-34(29)41-31/h1,6,8,12-13,20-21,26-27,47H,4-5,7,9-11,14-18H2,2H3/t20-,21?,26?,27?,37+/m1/s1. The van der Waals surface area contributed by atoms with Crippen molar-refractivity contribution in [3.63, 3.8) is 0 Å². The van der Waals surface area contributed by atoms with Gasteiger partial charge in [0.05, 0.1) is 35.8 Å². The average molecular weight is 701 g/mol. The van der Waals surface area contributed by atoms with Gasteiger partial charge in [-0.15, -0.1) is 6.42 Å². The smallest absolute Gasteiger partial charge is 0.410 e. The highest BCUT2D eigenvalue weighted by atomic mass is 19.1. The fourth-order valence-corrected chi connectivity index (χ4v) is 9.19. The number of aromatic hydroxyl groups is 1. The van der Waals surface area contributed by atoms with Gasteiger partial charge in [0, 0.05) is 30.5 Å². The number of rotatable bonds is 5. The average Bonchev–Trinajstić information content (AvgIpc) is 3.72. The number of nitrogens with zero attached hydrogens (tertiary/aromatic N) is 6. The van der Waals surface area contributed by atoms with Crippen LogP contribution < -0.4 is 14.4 Å². The molecule has 2 aromatic heterocycles. The number of phenols is 1. The maximum Gasteiger partial charge on any atom is 0.410 e. The molecule has 7 heterocycles. The molecule has 2 aromatic carbocycles. The van der Waals surface area contributed by atoms with E-state index in [1.54, 1.807) is 11.8 Å². The van der Waals surface area contributed by atoms with E-state index in [-0.39, 0.29) is 82.7 Å². The van der Waals surface area contributed by atoms with Gasteiger partial charge >= 0.3 is 12.1 Å². The van der Waals surface area contributed by atoms with Crippen LogP contribution in [-0.4, -0.2) is 105 Å². The molecule has 9 rings (SSSR count). The third kappa shape index (κ3) is 4.84. The van der Waals surface area contributed by atoms with Gasteiger partial charge in [-0.25, -0.2) is 22.9 Å². The molecular formula is C37H35F3N6O5. The summed E-state index contributed by atoms with van der Waals surface area (Å²) in [7, 11) is 0. The molecule has 264 valence electrons. The minimum absolute atomic E-state index is 0.0303. The zero-order valence-electron chi connectivity index (χ0n) is 27.9. The lowest BCUT2D eigenvalue weighted by molar-refractivity contribution is 0.0658. The number of ether oxygens (including phenoxy) is 3. The summed E-state index contributed by atoms with van der Waals surface area (Å²) in [4.78, 5) is 33.1. The maximum absolute atomic E-state index is 17.2. The first-order valence-electron chi connectivity index (χ1n) is 17.4. The fraction of sp³-hybridized carbons (Fsp3) is 0.459. The van der Waals surface area contributed by atoms with Gasteiger partial charge in [-0.1, -0.05) is 12.0 Å². The van der Waals surface area contributed by atoms with Gasteiger partial charge in [-0.3, -0.25) is 9.80 Å². The molecular weight excluding hydrogens is 665 g/mol. The topological polar surface area (TPSA) is 113 Å². The number of hydrogen-bond acceptors (Lipinski definition) is 10. The monoisotopic (exact) mass is 700 g/mol. The van der Waals surface area contributed by atoms with E-state index in [1.165, 1.54) is 24.3 Å². The van der Waals surface area contributed by atoms with Gasteiger partial charge in [0.1, 0.15) is 53.4 Å². The number of piperazine rings is 1. The summed E-state index contributed by atoms with van der Waals surface area (Å²) < 4.78 is 64.9. The molecule has 4 fully saturated rings. The van der Waals surface area contributed by atoms with Crippen LogP contribution in [0.25, 0.3) is 32.9 Å². The number of fused-ring (bicyclic) bond motifs is 7. The predicted octanol–water partition coefficient (Wildman–Crippen LogP) is 5.34. The molecule has 5 aliphatic rings. The summed E-state index contributed by atoms with van der Waals surface area (Å²) in [6.07, 6.45) is 7.81. The van der Waals surface area contributed by atoms with E-state index in [2.05, 4.69) is 20.8 Å². The second kappa shape index (κ2) is 11.8. The van der Waals surface area contributed by atoms with E-state index in [0.717, 1.165) is 25.8 Å². The van der Waals surface area contributed by atoms with Crippen LogP contribution >= 0.6 is 0 Å². The molecule has 0 radical (unpaired) electrons. The number of alkyl halides is 1. The van der Waals surface area contributed by atoms with E-state index in [9.17, 15) is 14.3 Å². The van der Waals surface area contributed by atoms with Crippen LogP contribution in [-0.2, 0) is 4.74 Å². The summed E-state index contributed by atoms with van der Waals surface area (Å²) >= 11 is 0. The molecule has 0 spiro atoms. The highest BCUT2D eigenvalue weighted by Crippen LogP contribution is 2.47. The number of halogens is 3. The molecule has 1 amide bonds. The van der Waals surface area contributed by atoms with Crippen LogP contribution in [0, 0.1) is 24.0 Å². The summed E-state index contributed by atoms with van der Waals surface area (Å²) in [5, 5.41) is 11.5. The van der Waals surface area contributed by atoms with Gasteiger partial charge in [-0.2, -0.15) is 9.97 Å². The first-order chi connectivity index (χ1) is 24.7. The number of amides is 1. The molecule has 0 saturated carbocycles. The van der Waals surface area contributed by atoms with E-state index < -0.39 is 35.5 Å². The van der Waals surface area contributed by atoms with Crippen molar-refractivity contribution in [1.29, 1.82) is 0 Å². The fourth-order valence-electron chi connectivity index (χ4n) is 9.19. The van der Waals surface area contributed by atoms with Gasteiger partial charge in [0.2, 0.25) is 5.88 Å². The van der Waals surface area contributed by atoms with E-state index >= 15 is 8.78 Å². The van der Waals surface area contributed by atoms with Crippen molar-refractivity contribution in [2.75, 3.05) is 44.4 Å². The number of benzene rings is 2. The molecule has 1 N–H and O–H groups in total. The Bertz CT molecular complexity index is 2160. The van der Waals surface area contributed by atoms with E-state index in [4.69, 9.17) is 25.6 Å². The second-order valence-corrected chi connectivity index (χ2v) is 14.1. The lowest BCUT2D eigenvalue weighted by Gasteiger charge is -2.45. The van der Waals surface area contributed by atoms with Crippen molar-refractivity contribution in [2.45, 2.75) is 68.9 Å². The van der Waals surface area contributed by atoms with Crippen molar-refractivity contribution in [3.8, 4) is 41.2 Å². The largest absolute Gasteiger partial charge is 0.508 e. The Balaban J connectivity index is 1.22. The Labute approximate surface area is 291 Å². The number of phenolic OH excluding ortho intramolecular Hbond substituents is 1. The number of anilines is 1. The molecule has 4 saturated heterocycles. The summed E-state index contributed by atoms with van der Waals surface area (Å²) in [5.41, 5.74) is -0.984. The third-order valence-electron chi connectivity index (χ3n) is 11.3. The minimum Gasteiger partial charge on any atom is -0.508 e. The minimum atomic E-state index is -0.969. The predicted molar refractivity (Wildman–Crippen MR) is 181 cm³/mol. The van der Waals surface area contributed by atoms with Crippen molar-refractivity contribution in [3.05, 3.63) is 41.5 Å². The molecule has 2 bridgehead atoms. The van der Waals surface area contributed by atoms with Crippen LogP contribution in [0.5, 0.6) is 17.6 Å². The molecule has 0 aliphatic carbocycles. The van der Waals surface area contributed by atoms with E-state index in [0.29, 0.717) is 37.1 Å². The normalized spacial score (nSPS) is 26.5. The van der Waals surface area contributed by atoms with Crippen molar-refractivity contribution < 1.29 is 37.3 Å². The lowest BCUT2D eigenvalue weighted by Crippen LogP contribution is -2.63. The van der Waals surface area contributed by atoms with Crippen molar-refractivity contribution in [2.24, 2.45) is 0 Å². The van der Waals surface area contributed by atoms with Crippen molar-refractivity contribution >= 4 is 33.6 Å². The van der Waals surface area contributed by atoms with Gasteiger partial charge in [-0.05, 0) is 62.7 Å². The van der Waals surface area contributed by atoms with Crippen LogP contribution in [0.2, 0.25) is 0 Å². The highest BCUT2D eigenvalue weighted by Gasteiger charge is 2.52. The number of hydrogen-bond donors (Lipinski definition) is 1. The molecule has 11 nitrogen and oxygen atoms in total. The number of aromatic nitrogens is 3.